The molecule has 3 aromatic carbocycles. The molecular formula is C21H22NO4P. The van der Waals surface area contributed by atoms with Gasteiger partial charge in [-0.15, -0.1) is 0 Å². The summed E-state index contributed by atoms with van der Waals surface area (Å²) in [5.41, 5.74) is 6.93. The zero-order valence-electron chi connectivity index (χ0n) is 15.2. The van der Waals surface area contributed by atoms with Crippen molar-refractivity contribution in [3.8, 4) is 11.5 Å². The molecule has 0 bridgehead atoms. The highest BCUT2D eigenvalue weighted by atomic mass is 31.2. The van der Waals surface area contributed by atoms with Crippen LogP contribution in [0, 0.1) is 0 Å². The van der Waals surface area contributed by atoms with Gasteiger partial charge < -0.3 is 18.9 Å². The molecule has 27 heavy (non-hydrogen) atoms. The third-order valence-electron chi connectivity index (χ3n) is 4.37. The van der Waals surface area contributed by atoms with Gasteiger partial charge in [-0.3, -0.25) is 5.50 Å². The van der Waals surface area contributed by atoms with E-state index in [0.29, 0.717) is 17.1 Å². The Labute approximate surface area is 160 Å². The van der Waals surface area contributed by atoms with Crippen LogP contribution < -0.4 is 15.0 Å². The summed E-state index contributed by atoms with van der Waals surface area (Å²) in [6.07, 6.45) is 0. The molecule has 0 aliphatic carbocycles. The average Bonchev–Trinajstić information content (AvgIpc) is 2.72. The normalized spacial score (nSPS) is 12.4. The number of methoxy groups -OCH3 is 2. The molecule has 1 unspecified atom stereocenters. The fraction of sp³-hybridized carbons (Fsp3) is 0.143. The molecule has 0 amide bonds. The van der Waals surface area contributed by atoms with Crippen molar-refractivity contribution >= 4 is 8.53 Å². The van der Waals surface area contributed by atoms with Gasteiger partial charge in [-0.1, -0.05) is 72.8 Å². The Morgan fingerprint density at radius 3 is 1.78 bits per heavy atom. The van der Waals surface area contributed by atoms with Crippen LogP contribution in [0.15, 0.2) is 78.9 Å². The lowest BCUT2D eigenvalue weighted by Crippen LogP contribution is -2.32. The van der Waals surface area contributed by atoms with Gasteiger partial charge in [0.05, 0.1) is 14.2 Å². The van der Waals surface area contributed by atoms with E-state index in [0.717, 1.165) is 11.1 Å². The molecule has 3 rings (SSSR count). The first-order valence-electron chi connectivity index (χ1n) is 8.39. The fourth-order valence-corrected chi connectivity index (χ4v) is 3.87. The van der Waals surface area contributed by atoms with Crippen LogP contribution in [0.1, 0.15) is 16.7 Å². The van der Waals surface area contributed by atoms with Crippen LogP contribution in [0.3, 0.4) is 0 Å². The van der Waals surface area contributed by atoms with Crippen LogP contribution in [0.5, 0.6) is 11.5 Å². The Bertz CT molecular complexity index is 832. The molecular weight excluding hydrogens is 361 g/mol. The molecule has 6 heteroatoms. The van der Waals surface area contributed by atoms with Crippen molar-refractivity contribution in [2.45, 2.75) is 5.60 Å². The second-order valence-electron chi connectivity index (χ2n) is 5.85. The summed E-state index contributed by atoms with van der Waals surface area (Å²) < 4.78 is 17.3. The highest BCUT2D eigenvalue weighted by Crippen LogP contribution is 2.51. The van der Waals surface area contributed by atoms with Crippen LogP contribution >= 0.6 is 8.53 Å². The molecule has 0 aliphatic rings. The van der Waals surface area contributed by atoms with Crippen LogP contribution in [0.25, 0.3) is 0 Å². The molecule has 140 valence electrons. The van der Waals surface area contributed by atoms with Crippen molar-refractivity contribution in [2.24, 2.45) is 5.50 Å². The van der Waals surface area contributed by atoms with Crippen molar-refractivity contribution in [3.05, 3.63) is 95.6 Å². The first-order valence-corrected chi connectivity index (χ1v) is 9.67. The summed E-state index contributed by atoms with van der Waals surface area (Å²) in [5.74, 6) is 1.08. The highest BCUT2D eigenvalue weighted by Gasteiger charge is 2.42. The topological polar surface area (TPSA) is 73.9 Å². The average molecular weight is 383 g/mol. The predicted molar refractivity (Wildman–Crippen MR) is 107 cm³/mol. The van der Waals surface area contributed by atoms with E-state index in [1.807, 2.05) is 78.9 Å². The lowest BCUT2D eigenvalue weighted by molar-refractivity contribution is 0.152. The zero-order valence-corrected chi connectivity index (χ0v) is 16.1. The number of rotatable bonds is 7. The van der Waals surface area contributed by atoms with Gasteiger partial charge in [-0.05, 0) is 17.2 Å². The van der Waals surface area contributed by atoms with E-state index in [2.05, 4.69) is 0 Å². The third kappa shape index (κ3) is 3.68. The molecule has 0 heterocycles. The Morgan fingerprint density at radius 2 is 1.33 bits per heavy atom. The molecule has 3 N–H and O–H groups in total. The van der Waals surface area contributed by atoms with Crippen molar-refractivity contribution in [1.82, 2.24) is 0 Å². The van der Waals surface area contributed by atoms with Gasteiger partial charge in [0.15, 0.2) is 17.1 Å². The third-order valence-corrected chi connectivity index (χ3v) is 4.83. The first kappa shape index (κ1) is 19.3. The Kier molecular flexibility index (Phi) is 6.09. The second-order valence-corrected chi connectivity index (χ2v) is 6.64. The smallest absolute Gasteiger partial charge is 0.251 e. The number of para-hydroxylation sites is 1. The number of hydrogen-bond acceptors (Lipinski definition) is 5. The van der Waals surface area contributed by atoms with Crippen LogP contribution in [0.2, 0.25) is 0 Å². The van der Waals surface area contributed by atoms with E-state index in [1.165, 1.54) is 0 Å². The van der Waals surface area contributed by atoms with Gasteiger partial charge in [0.25, 0.3) is 8.53 Å². The summed E-state index contributed by atoms with van der Waals surface area (Å²) in [6, 6.07) is 24.8. The maximum absolute atomic E-state index is 10.1. The van der Waals surface area contributed by atoms with Gasteiger partial charge in [-0.25, -0.2) is 0 Å². The SMILES string of the molecule is COc1cccc(C(OP(N)O)(c2ccccc2)c2ccccc2)c1OC. The van der Waals surface area contributed by atoms with E-state index in [-0.39, 0.29) is 0 Å². The Balaban J connectivity index is 2.41. The van der Waals surface area contributed by atoms with Crippen molar-refractivity contribution in [2.75, 3.05) is 14.2 Å². The largest absolute Gasteiger partial charge is 0.493 e. The van der Waals surface area contributed by atoms with Gasteiger partial charge in [0.2, 0.25) is 0 Å². The molecule has 0 aliphatic heterocycles. The minimum atomic E-state index is -2.19. The van der Waals surface area contributed by atoms with Gasteiger partial charge in [-0.2, -0.15) is 0 Å². The monoisotopic (exact) mass is 383 g/mol. The molecule has 0 aromatic heterocycles. The van der Waals surface area contributed by atoms with Crippen molar-refractivity contribution in [3.63, 3.8) is 0 Å². The van der Waals surface area contributed by atoms with Crippen molar-refractivity contribution in [1.29, 1.82) is 0 Å². The number of hydrogen-bond donors (Lipinski definition) is 2. The summed E-state index contributed by atoms with van der Waals surface area (Å²) in [4.78, 5) is 10.1. The molecule has 0 spiro atoms. The molecule has 0 saturated heterocycles. The number of ether oxygens (including phenoxy) is 2. The minimum Gasteiger partial charge on any atom is -0.493 e. The van der Waals surface area contributed by atoms with Gasteiger partial charge in [0.1, 0.15) is 0 Å². The summed E-state index contributed by atoms with van der Waals surface area (Å²) >= 11 is 0. The molecule has 0 saturated carbocycles. The predicted octanol–water partition coefficient (Wildman–Crippen LogP) is 4.19. The fourth-order valence-electron chi connectivity index (χ4n) is 3.28. The Hall–Kier alpha value is -2.43. The quantitative estimate of drug-likeness (QED) is 0.473. The molecule has 5 nitrogen and oxygen atoms in total. The number of nitrogens with two attached hydrogens (primary N) is 1. The molecule has 0 radical (unpaired) electrons. The molecule has 0 fully saturated rings. The summed E-state index contributed by atoms with van der Waals surface area (Å²) in [7, 11) is 0.969. The standard InChI is InChI=1S/C21H22NO4P/c1-24-19-15-9-14-18(20(19)25-2)21(26-27(22)23,16-10-5-3-6-11-16)17-12-7-4-8-13-17/h3-15,23H,22H2,1-2H3. The molecule has 1 atom stereocenters. The van der Waals surface area contributed by atoms with Gasteiger partial charge >= 0.3 is 0 Å². The summed E-state index contributed by atoms with van der Waals surface area (Å²) in [6.45, 7) is 0. The maximum atomic E-state index is 10.1. The highest BCUT2D eigenvalue weighted by molar-refractivity contribution is 7.43. The second kappa shape index (κ2) is 8.51. The van der Waals surface area contributed by atoms with Crippen molar-refractivity contribution < 1.29 is 18.9 Å². The zero-order chi connectivity index (χ0) is 19.3. The first-order chi connectivity index (χ1) is 13.1. The van der Waals surface area contributed by atoms with E-state index < -0.39 is 14.1 Å². The maximum Gasteiger partial charge on any atom is 0.251 e. The minimum absolute atomic E-state index is 0.518. The lowest BCUT2D eigenvalue weighted by atomic mass is 9.80. The lowest BCUT2D eigenvalue weighted by Gasteiger charge is -2.37. The summed E-state index contributed by atoms with van der Waals surface area (Å²) in [5, 5.41) is 0. The van der Waals surface area contributed by atoms with E-state index in [1.54, 1.807) is 14.2 Å². The van der Waals surface area contributed by atoms with Gasteiger partial charge in [0, 0.05) is 5.56 Å². The van der Waals surface area contributed by atoms with E-state index in [4.69, 9.17) is 19.5 Å². The van der Waals surface area contributed by atoms with E-state index >= 15 is 0 Å². The van der Waals surface area contributed by atoms with Crippen LogP contribution in [0.4, 0.5) is 0 Å². The van der Waals surface area contributed by atoms with Crippen LogP contribution in [-0.2, 0) is 10.1 Å². The van der Waals surface area contributed by atoms with Crippen LogP contribution in [-0.4, -0.2) is 19.1 Å². The number of benzene rings is 3. The van der Waals surface area contributed by atoms with E-state index in [9.17, 15) is 4.89 Å². The molecule has 3 aromatic rings. The Morgan fingerprint density at radius 1 is 0.778 bits per heavy atom.